The molecule has 0 amide bonds. The molecule has 5 heteroatoms. The van der Waals surface area contributed by atoms with Gasteiger partial charge in [-0.15, -0.1) is 0 Å². The fraction of sp³-hybridized carbons (Fsp3) is 0.143. The number of benzene rings is 1. The van der Waals surface area contributed by atoms with Gasteiger partial charge in [0, 0.05) is 17.3 Å². The Labute approximate surface area is 67.9 Å². The Balaban J connectivity index is 2.84. The normalized spacial score (nSPS) is 10.8. The van der Waals surface area contributed by atoms with Gasteiger partial charge in [-0.2, -0.15) is 0 Å². The molecule has 62 valence electrons. The Morgan fingerprint density at radius 2 is 2.42 bits per heavy atom. The van der Waals surface area contributed by atoms with Crippen LogP contribution >= 0.6 is 0 Å². The zero-order chi connectivity index (χ0) is 8.55. The molecule has 0 saturated heterocycles. The molecule has 0 spiro atoms. The molecule has 0 aliphatic heterocycles. The predicted molar refractivity (Wildman–Crippen MR) is 40.9 cm³/mol. The molecule has 2 aromatic rings. The molecule has 2 rings (SSSR count). The molecule has 1 aromatic heterocycles. The molecule has 0 aliphatic rings. The second-order valence-corrected chi connectivity index (χ2v) is 2.42. The number of para-hydroxylation sites is 1. The van der Waals surface area contributed by atoms with Gasteiger partial charge in [0.1, 0.15) is 0 Å². The Bertz CT molecular complexity index is 410. The first kappa shape index (κ1) is 7.05. The van der Waals surface area contributed by atoms with Crippen molar-refractivity contribution in [2.24, 2.45) is 5.73 Å². The van der Waals surface area contributed by atoms with E-state index in [1.165, 1.54) is 0 Å². The Hall–Kier alpha value is -1.62. The van der Waals surface area contributed by atoms with Gasteiger partial charge in [-0.25, -0.2) is 0 Å². The first-order chi connectivity index (χ1) is 5.83. The van der Waals surface area contributed by atoms with Crippen LogP contribution in [-0.4, -0.2) is 5.16 Å². The third-order valence-corrected chi connectivity index (χ3v) is 1.71. The van der Waals surface area contributed by atoms with Gasteiger partial charge in [-0.1, -0.05) is 12.1 Å². The van der Waals surface area contributed by atoms with Crippen LogP contribution in [-0.2, 0) is 6.54 Å². The lowest BCUT2D eigenvalue weighted by Crippen LogP contribution is -2.24. The second kappa shape index (κ2) is 2.46. The number of aromatic nitrogens is 2. The van der Waals surface area contributed by atoms with Crippen molar-refractivity contribution in [2.75, 3.05) is 0 Å². The monoisotopic (exact) mass is 165 g/mol. The van der Waals surface area contributed by atoms with Gasteiger partial charge in [0.15, 0.2) is 0 Å². The van der Waals surface area contributed by atoms with E-state index < -0.39 is 0 Å². The summed E-state index contributed by atoms with van der Waals surface area (Å²) in [4.78, 5) is 0.373. The predicted octanol–water partition coefficient (Wildman–Crippen LogP) is -0.0801. The van der Waals surface area contributed by atoms with Crippen LogP contribution in [0.25, 0.3) is 11.0 Å². The maximum absolute atomic E-state index is 11.0. The highest BCUT2D eigenvalue weighted by molar-refractivity contribution is 5.73. The molecule has 0 unspecified atom stereocenters. The van der Waals surface area contributed by atoms with Gasteiger partial charge < -0.3 is 10.9 Å². The van der Waals surface area contributed by atoms with E-state index in [-0.39, 0.29) is 0 Å². The van der Waals surface area contributed by atoms with E-state index in [0.717, 1.165) is 5.56 Å². The summed E-state index contributed by atoms with van der Waals surface area (Å²) in [6, 6.07) is 5.26. The minimum atomic E-state index is 0.306. The second-order valence-electron chi connectivity index (χ2n) is 2.42. The molecule has 0 bridgehead atoms. The van der Waals surface area contributed by atoms with E-state index >= 15 is 0 Å². The Morgan fingerprint density at radius 3 is 3.17 bits per heavy atom. The molecule has 0 atom stereocenters. The number of nitrogens with two attached hydrogens (primary N) is 1. The summed E-state index contributed by atoms with van der Waals surface area (Å²) in [7, 11) is 0. The largest absolute Gasteiger partial charge is 0.359 e. The average Bonchev–Trinajstić information content (AvgIpc) is 2.48. The van der Waals surface area contributed by atoms with Crippen molar-refractivity contribution in [3.8, 4) is 0 Å². The lowest BCUT2D eigenvalue weighted by molar-refractivity contribution is -0.782. The van der Waals surface area contributed by atoms with Crippen LogP contribution in [0.1, 0.15) is 5.56 Å². The molecular formula is C7H7N3O2. The van der Waals surface area contributed by atoms with Crippen LogP contribution < -0.4 is 10.6 Å². The third-order valence-electron chi connectivity index (χ3n) is 1.71. The minimum absolute atomic E-state index is 0.306. The Morgan fingerprint density at radius 1 is 1.58 bits per heavy atom. The summed E-state index contributed by atoms with van der Waals surface area (Å²) in [5.41, 5.74) is 7.11. The number of hydrogen-bond donors (Lipinski definition) is 1. The molecule has 12 heavy (non-hydrogen) atoms. The number of rotatable bonds is 1. The van der Waals surface area contributed by atoms with Crippen molar-refractivity contribution in [1.82, 2.24) is 5.16 Å². The van der Waals surface area contributed by atoms with Gasteiger partial charge in [0.05, 0.1) is 0 Å². The molecule has 2 N–H and O–H groups in total. The average molecular weight is 165 g/mol. The number of hydrogen-bond acceptors (Lipinski definition) is 4. The van der Waals surface area contributed by atoms with E-state index in [4.69, 9.17) is 5.73 Å². The summed E-state index contributed by atoms with van der Waals surface area (Å²) < 4.78 is 4.41. The van der Waals surface area contributed by atoms with Crippen molar-refractivity contribution >= 4 is 11.0 Å². The van der Waals surface area contributed by atoms with Crippen molar-refractivity contribution in [2.45, 2.75) is 6.54 Å². The Kier molecular flexibility index (Phi) is 1.44. The van der Waals surface area contributed by atoms with Gasteiger partial charge in [0.25, 0.3) is 0 Å². The molecule has 1 aromatic carbocycles. The highest BCUT2D eigenvalue weighted by Gasteiger charge is 2.11. The highest BCUT2D eigenvalue weighted by atomic mass is 16.8. The molecule has 0 radical (unpaired) electrons. The summed E-state index contributed by atoms with van der Waals surface area (Å²) >= 11 is 0. The molecule has 5 nitrogen and oxygen atoms in total. The maximum Gasteiger partial charge on any atom is 0.248 e. The smallest absolute Gasteiger partial charge is 0.248 e. The topological polar surface area (TPSA) is 79.0 Å². The summed E-state index contributed by atoms with van der Waals surface area (Å²) in [6.07, 6.45) is 0. The first-order valence-corrected chi connectivity index (χ1v) is 3.50. The first-order valence-electron chi connectivity index (χ1n) is 3.50. The number of fused-ring (bicyclic) bond motifs is 1. The van der Waals surface area contributed by atoms with Crippen LogP contribution in [0.5, 0.6) is 0 Å². The van der Waals surface area contributed by atoms with E-state index in [2.05, 4.69) is 9.79 Å². The lowest BCUT2D eigenvalue weighted by Gasteiger charge is -1.93. The molecule has 0 saturated carbocycles. The van der Waals surface area contributed by atoms with Crippen molar-refractivity contribution in [1.29, 1.82) is 0 Å². The zero-order valence-electron chi connectivity index (χ0n) is 6.23. The highest BCUT2D eigenvalue weighted by Crippen LogP contribution is 2.11. The fourth-order valence-corrected chi connectivity index (χ4v) is 1.15. The fourth-order valence-electron chi connectivity index (χ4n) is 1.15. The quantitative estimate of drug-likeness (QED) is 0.599. The lowest BCUT2D eigenvalue weighted by atomic mass is 10.2. The van der Waals surface area contributed by atoms with Crippen LogP contribution in [0.3, 0.4) is 0 Å². The molecule has 0 fully saturated rings. The summed E-state index contributed by atoms with van der Waals surface area (Å²) in [5, 5.41) is 14.5. The van der Waals surface area contributed by atoms with Crippen LogP contribution in [0.2, 0.25) is 0 Å². The molecule has 1 heterocycles. The maximum atomic E-state index is 11.0. The SMILES string of the molecule is NCc1cccc2no[n+]([O-])c12. The molecular weight excluding hydrogens is 158 g/mol. The van der Waals surface area contributed by atoms with Gasteiger partial charge in [-0.05, 0) is 11.0 Å². The summed E-state index contributed by atoms with van der Waals surface area (Å²) in [5.74, 6) is 0. The number of nitrogens with zero attached hydrogens (tertiary/aromatic N) is 2. The minimum Gasteiger partial charge on any atom is -0.359 e. The zero-order valence-corrected chi connectivity index (χ0v) is 6.23. The van der Waals surface area contributed by atoms with E-state index in [0.29, 0.717) is 22.5 Å². The standard InChI is InChI=1S/C7H7N3O2/c8-4-5-2-1-3-6-7(5)10(11)12-9-6/h1-3H,4,8H2. The van der Waals surface area contributed by atoms with Gasteiger partial charge >= 0.3 is 0 Å². The van der Waals surface area contributed by atoms with E-state index in [1.807, 2.05) is 0 Å². The van der Waals surface area contributed by atoms with Gasteiger partial charge in [0.2, 0.25) is 11.0 Å². The van der Waals surface area contributed by atoms with Crippen LogP contribution in [0, 0.1) is 5.21 Å². The van der Waals surface area contributed by atoms with Crippen molar-refractivity contribution < 1.29 is 9.53 Å². The van der Waals surface area contributed by atoms with Crippen molar-refractivity contribution in [3.63, 3.8) is 0 Å². The van der Waals surface area contributed by atoms with Crippen LogP contribution in [0.4, 0.5) is 0 Å². The van der Waals surface area contributed by atoms with E-state index in [1.54, 1.807) is 18.2 Å². The van der Waals surface area contributed by atoms with Crippen LogP contribution in [0.15, 0.2) is 22.8 Å². The van der Waals surface area contributed by atoms with Gasteiger partial charge in [-0.3, -0.25) is 4.63 Å². The molecule has 0 aliphatic carbocycles. The van der Waals surface area contributed by atoms with E-state index in [9.17, 15) is 5.21 Å². The van der Waals surface area contributed by atoms with Crippen molar-refractivity contribution in [3.05, 3.63) is 29.0 Å². The third kappa shape index (κ3) is 0.835. The summed E-state index contributed by atoms with van der Waals surface area (Å²) in [6.45, 7) is 0.306.